The summed E-state index contributed by atoms with van der Waals surface area (Å²) >= 11 is 0. The summed E-state index contributed by atoms with van der Waals surface area (Å²) in [6, 6.07) is 0. The van der Waals surface area contributed by atoms with Crippen LogP contribution < -0.4 is 0 Å². The Labute approximate surface area is 76.4 Å². The second kappa shape index (κ2) is 7.15. The molecule has 0 atom stereocenters. The molecule has 1 aliphatic rings. The van der Waals surface area contributed by atoms with Crippen LogP contribution in [0.2, 0.25) is 0 Å². The Bertz CT molecular complexity index is 124. The summed E-state index contributed by atoms with van der Waals surface area (Å²) in [6.45, 7) is 0. The summed E-state index contributed by atoms with van der Waals surface area (Å²) in [7, 11) is 0. The van der Waals surface area contributed by atoms with Gasteiger partial charge < -0.3 is 0 Å². The molecule has 0 heterocycles. The molecular formula is C12H20. The molecule has 0 aromatic rings. The third-order valence-corrected chi connectivity index (χ3v) is 2.32. The van der Waals surface area contributed by atoms with E-state index < -0.39 is 0 Å². The second-order valence-corrected chi connectivity index (χ2v) is 3.51. The molecule has 0 radical (unpaired) electrons. The number of allylic oxidation sites excluding steroid dienone is 4. The van der Waals surface area contributed by atoms with Gasteiger partial charge in [0.2, 0.25) is 0 Å². The zero-order chi connectivity index (χ0) is 8.49. The first-order chi connectivity index (χ1) is 6.00. The van der Waals surface area contributed by atoms with Crippen molar-refractivity contribution in [3.63, 3.8) is 0 Å². The Hall–Kier alpha value is -0.520. The highest BCUT2D eigenvalue weighted by atomic mass is 13.9. The van der Waals surface area contributed by atoms with Gasteiger partial charge in [-0.15, -0.1) is 0 Å². The van der Waals surface area contributed by atoms with Crippen LogP contribution in [0.1, 0.15) is 51.4 Å². The van der Waals surface area contributed by atoms with Crippen molar-refractivity contribution in [3.8, 4) is 0 Å². The monoisotopic (exact) mass is 164 g/mol. The number of hydrogen-bond acceptors (Lipinski definition) is 0. The van der Waals surface area contributed by atoms with Gasteiger partial charge in [0.05, 0.1) is 0 Å². The van der Waals surface area contributed by atoms with Crippen LogP contribution in [-0.4, -0.2) is 0 Å². The quantitative estimate of drug-likeness (QED) is 0.470. The van der Waals surface area contributed by atoms with Gasteiger partial charge in [0, 0.05) is 0 Å². The van der Waals surface area contributed by atoms with Crippen LogP contribution in [0.25, 0.3) is 0 Å². The molecule has 68 valence electrons. The Morgan fingerprint density at radius 1 is 0.417 bits per heavy atom. The van der Waals surface area contributed by atoms with Gasteiger partial charge in [-0.2, -0.15) is 0 Å². The SMILES string of the molecule is C1=CCCCCCCC=CCC1. The zero-order valence-electron chi connectivity index (χ0n) is 7.97. The zero-order valence-corrected chi connectivity index (χ0v) is 7.97. The molecule has 0 bridgehead atoms. The van der Waals surface area contributed by atoms with Crippen molar-refractivity contribution in [2.45, 2.75) is 51.4 Å². The maximum atomic E-state index is 2.34. The minimum Gasteiger partial charge on any atom is -0.0885 e. The number of hydrogen-bond donors (Lipinski definition) is 0. The molecule has 0 heteroatoms. The van der Waals surface area contributed by atoms with Crippen molar-refractivity contribution in [2.24, 2.45) is 0 Å². The van der Waals surface area contributed by atoms with Crippen LogP contribution in [0.5, 0.6) is 0 Å². The van der Waals surface area contributed by atoms with E-state index in [1.54, 1.807) is 0 Å². The molecule has 0 saturated heterocycles. The second-order valence-electron chi connectivity index (χ2n) is 3.51. The summed E-state index contributed by atoms with van der Waals surface area (Å²) in [5.41, 5.74) is 0. The van der Waals surface area contributed by atoms with Gasteiger partial charge in [0.1, 0.15) is 0 Å². The Kier molecular flexibility index (Phi) is 5.70. The molecule has 0 aliphatic heterocycles. The summed E-state index contributed by atoms with van der Waals surface area (Å²) in [5, 5.41) is 0. The molecule has 0 amide bonds. The Balaban J connectivity index is 2.19. The molecular weight excluding hydrogens is 144 g/mol. The smallest absolute Gasteiger partial charge is 0.0316 e. The van der Waals surface area contributed by atoms with Crippen molar-refractivity contribution in [2.75, 3.05) is 0 Å². The lowest BCUT2D eigenvalue weighted by atomic mass is 10.1. The highest BCUT2D eigenvalue weighted by Crippen LogP contribution is 2.08. The molecule has 0 saturated carbocycles. The van der Waals surface area contributed by atoms with Crippen molar-refractivity contribution in [3.05, 3.63) is 24.3 Å². The molecule has 1 rings (SSSR count). The van der Waals surface area contributed by atoms with Gasteiger partial charge in [-0.3, -0.25) is 0 Å². The van der Waals surface area contributed by atoms with E-state index in [1.165, 1.54) is 51.4 Å². The van der Waals surface area contributed by atoms with E-state index >= 15 is 0 Å². The average molecular weight is 164 g/mol. The first kappa shape index (κ1) is 9.57. The molecule has 0 N–H and O–H groups in total. The van der Waals surface area contributed by atoms with Gasteiger partial charge in [0.25, 0.3) is 0 Å². The van der Waals surface area contributed by atoms with Gasteiger partial charge in [-0.1, -0.05) is 37.1 Å². The fourth-order valence-electron chi connectivity index (χ4n) is 1.54. The normalized spacial score (nSPS) is 21.3. The lowest BCUT2D eigenvalue weighted by molar-refractivity contribution is 0.650. The topological polar surface area (TPSA) is 0 Å². The maximum absolute atomic E-state index is 2.34. The summed E-state index contributed by atoms with van der Waals surface area (Å²) < 4.78 is 0. The predicted molar refractivity (Wildman–Crippen MR) is 55.2 cm³/mol. The molecule has 0 aromatic heterocycles. The van der Waals surface area contributed by atoms with E-state index in [4.69, 9.17) is 0 Å². The highest BCUT2D eigenvalue weighted by molar-refractivity contribution is 4.88. The summed E-state index contributed by atoms with van der Waals surface area (Å²) in [4.78, 5) is 0. The van der Waals surface area contributed by atoms with E-state index in [0.717, 1.165) is 0 Å². The van der Waals surface area contributed by atoms with Crippen molar-refractivity contribution in [1.82, 2.24) is 0 Å². The molecule has 0 aromatic carbocycles. The van der Waals surface area contributed by atoms with Crippen LogP contribution in [0.15, 0.2) is 24.3 Å². The van der Waals surface area contributed by atoms with Crippen LogP contribution >= 0.6 is 0 Å². The minimum atomic E-state index is 1.23. The fraction of sp³-hybridized carbons (Fsp3) is 0.667. The van der Waals surface area contributed by atoms with Crippen molar-refractivity contribution in [1.29, 1.82) is 0 Å². The molecule has 12 heavy (non-hydrogen) atoms. The van der Waals surface area contributed by atoms with Crippen molar-refractivity contribution < 1.29 is 0 Å². The highest BCUT2D eigenvalue weighted by Gasteiger charge is 1.88. The van der Waals surface area contributed by atoms with Crippen LogP contribution in [-0.2, 0) is 0 Å². The third-order valence-electron chi connectivity index (χ3n) is 2.32. The van der Waals surface area contributed by atoms with Gasteiger partial charge in [-0.05, 0) is 38.5 Å². The van der Waals surface area contributed by atoms with Crippen molar-refractivity contribution >= 4 is 0 Å². The fourth-order valence-corrected chi connectivity index (χ4v) is 1.54. The minimum absolute atomic E-state index is 1.23. The largest absolute Gasteiger partial charge is 0.0885 e. The first-order valence-corrected chi connectivity index (χ1v) is 5.30. The average Bonchev–Trinajstić information content (AvgIpc) is 2.05. The van der Waals surface area contributed by atoms with E-state index in [1.807, 2.05) is 0 Å². The van der Waals surface area contributed by atoms with Crippen LogP contribution in [0.3, 0.4) is 0 Å². The standard InChI is InChI=1S/C12H20/c1-2-4-6-8-10-12-11-9-7-5-3-1/h1-2,7,9H,3-6,8,10-12H2. The predicted octanol–water partition coefficient (Wildman–Crippen LogP) is 4.23. The molecule has 0 nitrogen and oxygen atoms in total. The third kappa shape index (κ3) is 5.17. The lowest BCUT2D eigenvalue weighted by Crippen LogP contribution is -1.78. The summed E-state index contributed by atoms with van der Waals surface area (Å²) in [6.07, 6.45) is 20.0. The molecule has 0 spiro atoms. The van der Waals surface area contributed by atoms with E-state index in [2.05, 4.69) is 24.3 Å². The van der Waals surface area contributed by atoms with Gasteiger partial charge >= 0.3 is 0 Å². The molecule has 0 fully saturated rings. The summed E-state index contributed by atoms with van der Waals surface area (Å²) in [5.74, 6) is 0. The van der Waals surface area contributed by atoms with Crippen LogP contribution in [0, 0.1) is 0 Å². The van der Waals surface area contributed by atoms with E-state index in [9.17, 15) is 0 Å². The van der Waals surface area contributed by atoms with E-state index in [0.29, 0.717) is 0 Å². The lowest BCUT2D eigenvalue weighted by Gasteiger charge is -1.98. The van der Waals surface area contributed by atoms with Gasteiger partial charge in [-0.25, -0.2) is 0 Å². The molecule has 1 aliphatic carbocycles. The maximum Gasteiger partial charge on any atom is -0.0316 e. The Morgan fingerprint density at radius 3 is 1.33 bits per heavy atom. The Morgan fingerprint density at radius 2 is 0.833 bits per heavy atom. The van der Waals surface area contributed by atoms with E-state index in [-0.39, 0.29) is 0 Å². The molecule has 0 unspecified atom stereocenters. The number of rotatable bonds is 0. The first-order valence-electron chi connectivity index (χ1n) is 5.30. The van der Waals surface area contributed by atoms with Crippen LogP contribution in [0.4, 0.5) is 0 Å². The van der Waals surface area contributed by atoms with Gasteiger partial charge in [0.15, 0.2) is 0 Å².